The maximum Gasteiger partial charge on any atom is 0.446 e. The highest BCUT2D eigenvalue weighted by molar-refractivity contribution is 8.00. The molecule has 0 aromatic heterocycles. The molecule has 0 N–H and O–H groups in total. The van der Waals surface area contributed by atoms with Gasteiger partial charge in [0.2, 0.25) is 0 Å². The Labute approximate surface area is 110 Å². The van der Waals surface area contributed by atoms with Crippen molar-refractivity contribution >= 4 is 17.7 Å². The number of hydrogen-bond donors (Lipinski definition) is 0. The van der Waals surface area contributed by atoms with Crippen molar-refractivity contribution in [1.82, 2.24) is 0 Å². The summed E-state index contributed by atoms with van der Waals surface area (Å²) in [4.78, 5) is 10.8. The molecule has 19 heavy (non-hydrogen) atoms. The van der Waals surface area contributed by atoms with Crippen LogP contribution in [0.2, 0.25) is 0 Å². The van der Waals surface area contributed by atoms with Crippen molar-refractivity contribution in [3.05, 3.63) is 29.1 Å². The quantitative estimate of drug-likeness (QED) is 0.486. The third kappa shape index (κ3) is 4.13. The van der Waals surface area contributed by atoms with E-state index in [4.69, 9.17) is 5.26 Å². The molecule has 0 unspecified atom stereocenters. The van der Waals surface area contributed by atoms with Gasteiger partial charge in [0.05, 0.1) is 17.7 Å². The number of benzene rings is 1. The third-order valence-corrected chi connectivity index (χ3v) is 2.76. The number of thioether (sulfide) groups is 1. The van der Waals surface area contributed by atoms with E-state index in [0.717, 1.165) is 0 Å². The van der Waals surface area contributed by atoms with E-state index in [1.54, 1.807) is 0 Å². The lowest BCUT2D eigenvalue weighted by molar-refractivity contribution is -0.0328. The number of ether oxygens (including phenoxy) is 1. The van der Waals surface area contributed by atoms with E-state index in [-0.39, 0.29) is 6.61 Å². The molecule has 0 heterocycles. The monoisotopic (exact) mass is 293 g/mol. The molecule has 8 heteroatoms. The molecule has 0 aliphatic heterocycles. The number of nitrogens with zero attached hydrogens (tertiary/aromatic N) is 1. The summed E-state index contributed by atoms with van der Waals surface area (Å²) in [6.07, 6.45) is 0. The summed E-state index contributed by atoms with van der Waals surface area (Å²) in [5.74, 6) is -2.09. The van der Waals surface area contributed by atoms with Gasteiger partial charge in [-0.05, 0) is 30.8 Å². The Kier molecular flexibility index (Phi) is 4.78. The summed E-state index contributed by atoms with van der Waals surface area (Å²) in [7, 11) is 0. The van der Waals surface area contributed by atoms with Gasteiger partial charge in [-0.15, -0.1) is 0 Å². The van der Waals surface area contributed by atoms with Gasteiger partial charge < -0.3 is 4.74 Å². The first-order valence-electron chi connectivity index (χ1n) is 4.95. The minimum absolute atomic E-state index is 0.0760. The molecule has 1 aromatic carbocycles. The zero-order chi connectivity index (χ0) is 14.6. The molecule has 0 spiro atoms. The molecule has 0 saturated heterocycles. The van der Waals surface area contributed by atoms with Gasteiger partial charge in [-0.2, -0.15) is 18.4 Å². The van der Waals surface area contributed by atoms with Crippen LogP contribution in [-0.4, -0.2) is 18.1 Å². The summed E-state index contributed by atoms with van der Waals surface area (Å²) in [6.45, 7) is 1.38. The van der Waals surface area contributed by atoms with E-state index in [1.165, 1.54) is 13.0 Å². The van der Waals surface area contributed by atoms with Crippen LogP contribution in [0.15, 0.2) is 17.0 Å². The molecular weight excluding hydrogens is 286 g/mol. The van der Waals surface area contributed by atoms with Crippen molar-refractivity contribution in [2.45, 2.75) is 17.3 Å². The summed E-state index contributed by atoms with van der Waals surface area (Å²) in [5, 5.41) is 8.73. The van der Waals surface area contributed by atoms with Crippen molar-refractivity contribution in [1.29, 1.82) is 5.26 Å². The van der Waals surface area contributed by atoms with Crippen LogP contribution in [0.5, 0.6) is 0 Å². The average molecular weight is 293 g/mol. The SMILES string of the molecule is CCOC(=O)c1cc(F)cc(C#N)c1SC(F)(F)F. The second-order valence-electron chi connectivity index (χ2n) is 3.21. The van der Waals surface area contributed by atoms with Crippen LogP contribution in [0.4, 0.5) is 17.6 Å². The fourth-order valence-electron chi connectivity index (χ4n) is 1.26. The zero-order valence-corrected chi connectivity index (χ0v) is 10.4. The number of nitriles is 1. The van der Waals surface area contributed by atoms with Gasteiger partial charge in [0, 0.05) is 4.90 Å². The van der Waals surface area contributed by atoms with Crippen LogP contribution in [0.3, 0.4) is 0 Å². The van der Waals surface area contributed by atoms with Crippen LogP contribution in [-0.2, 0) is 4.74 Å². The number of hydrogen-bond acceptors (Lipinski definition) is 4. The molecule has 1 rings (SSSR count). The van der Waals surface area contributed by atoms with E-state index < -0.39 is 45.1 Å². The second kappa shape index (κ2) is 5.93. The number of esters is 1. The maximum absolute atomic E-state index is 13.2. The van der Waals surface area contributed by atoms with E-state index in [2.05, 4.69) is 4.74 Å². The Morgan fingerprint density at radius 2 is 2.11 bits per heavy atom. The number of carbonyl (C=O) groups is 1. The Morgan fingerprint density at radius 1 is 1.47 bits per heavy atom. The second-order valence-corrected chi connectivity index (χ2v) is 4.29. The highest BCUT2D eigenvalue weighted by atomic mass is 32.2. The van der Waals surface area contributed by atoms with E-state index in [1.807, 2.05) is 0 Å². The van der Waals surface area contributed by atoms with Crippen molar-refractivity contribution in [2.75, 3.05) is 6.61 Å². The first-order chi connectivity index (χ1) is 8.78. The van der Waals surface area contributed by atoms with Crippen LogP contribution in [0.1, 0.15) is 22.8 Å². The number of carbonyl (C=O) groups excluding carboxylic acids is 1. The molecule has 0 fully saturated rings. The number of rotatable bonds is 3. The van der Waals surface area contributed by atoms with Crippen LogP contribution in [0.25, 0.3) is 0 Å². The lowest BCUT2D eigenvalue weighted by atomic mass is 10.1. The molecule has 0 aliphatic carbocycles. The molecule has 0 amide bonds. The molecule has 1 aromatic rings. The topological polar surface area (TPSA) is 50.1 Å². The molecule has 0 saturated carbocycles. The molecule has 102 valence electrons. The van der Waals surface area contributed by atoms with E-state index >= 15 is 0 Å². The van der Waals surface area contributed by atoms with Gasteiger partial charge in [-0.1, -0.05) is 0 Å². The smallest absolute Gasteiger partial charge is 0.446 e. The predicted octanol–water partition coefficient (Wildman–Crippen LogP) is 3.49. The lowest BCUT2D eigenvalue weighted by Crippen LogP contribution is -2.10. The molecule has 0 atom stereocenters. The Morgan fingerprint density at radius 3 is 2.58 bits per heavy atom. The summed E-state index contributed by atoms with van der Waals surface area (Å²) in [6, 6.07) is 2.68. The van der Waals surface area contributed by atoms with Crippen LogP contribution in [0, 0.1) is 17.1 Å². The molecular formula is C11H7F4NO2S. The first-order valence-corrected chi connectivity index (χ1v) is 5.76. The lowest BCUT2D eigenvalue weighted by Gasteiger charge is -2.12. The molecule has 0 aliphatic rings. The summed E-state index contributed by atoms with van der Waals surface area (Å²) < 4.78 is 54.9. The normalized spacial score (nSPS) is 10.9. The van der Waals surface area contributed by atoms with E-state index in [0.29, 0.717) is 12.1 Å². The zero-order valence-electron chi connectivity index (χ0n) is 9.55. The molecule has 0 radical (unpaired) electrons. The van der Waals surface area contributed by atoms with Gasteiger partial charge >= 0.3 is 11.5 Å². The van der Waals surface area contributed by atoms with Crippen molar-refractivity contribution in [3.63, 3.8) is 0 Å². The molecule has 0 bridgehead atoms. The predicted molar refractivity (Wildman–Crippen MR) is 59.0 cm³/mol. The van der Waals surface area contributed by atoms with Gasteiger partial charge in [0.1, 0.15) is 11.9 Å². The number of alkyl halides is 3. The maximum atomic E-state index is 13.2. The van der Waals surface area contributed by atoms with Crippen molar-refractivity contribution in [3.8, 4) is 6.07 Å². The van der Waals surface area contributed by atoms with Gasteiger partial charge in [-0.25, -0.2) is 9.18 Å². The van der Waals surface area contributed by atoms with Crippen LogP contribution < -0.4 is 0 Å². The van der Waals surface area contributed by atoms with Gasteiger partial charge in [0.15, 0.2) is 0 Å². The van der Waals surface area contributed by atoms with Crippen LogP contribution >= 0.6 is 11.8 Å². The third-order valence-electron chi connectivity index (χ3n) is 1.89. The van der Waals surface area contributed by atoms with Gasteiger partial charge in [0.25, 0.3) is 0 Å². The fourth-order valence-corrected chi connectivity index (χ4v) is 1.96. The first kappa shape index (κ1) is 15.3. The average Bonchev–Trinajstić information content (AvgIpc) is 2.29. The number of halogens is 4. The molecule has 3 nitrogen and oxygen atoms in total. The van der Waals surface area contributed by atoms with Crippen molar-refractivity contribution in [2.24, 2.45) is 0 Å². The summed E-state index contributed by atoms with van der Waals surface area (Å²) in [5.41, 5.74) is -5.88. The Balaban J connectivity index is 3.38. The largest absolute Gasteiger partial charge is 0.462 e. The minimum Gasteiger partial charge on any atom is -0.462 e. The highest BCUT2D eigenvalue weighted by Crippen LogP contribution is 2.40. The van der Waals surface area contributed by atoms with E-state index in [9.17, 15) is 22.4 Å². The fraction of sp³-hybridized carbons (Fsp3) is 0.273. The Bertz CT molecular complexity index is 537. The van der Waals surface area contributed by atoms with Crippen molar-refractivity contribution < 1.29 is 27.1 Å². The van der Waals surface area contributed by atoms with Gasteiger partial charge in [-0.3, -0.25) is 0 Å². The highest BCUT2D eigenvalue weighted by Gasteiger charge is 2.33. The summed E-state index contributed by atoms with van der Waals surface area (Å²) >= 11 is -0.649. The standard InChI is InChI=1S/C11H7F4NO2S/c1-2-18-10(17)8-4-7(12)3-6(5-16)9(8)19-11(13,14)15/h3-4H,2H2,1H3. The Hall–Kier alpha value is -1.75. The minimum atomic E-state index is -4.70.